The molecule has 0 amide bonds. The highest BCUT2D eigenvalue weighted by Crippen LogP contribution is 2.38. The highest BCUT2D eigenvalue weighted by molar-refractivity contribution is 7.57. The van der Waals surface area contributed by atoms with E-state index in [4.69, 9.17) is 18.1 Å². The van der Waals surface area contributed by atoms with Gasteiger partial charge in [0.2, 0.25) is 16.8 Å². The SMILES string of the molecule is COP(OC)c1cccc(P(OC)OC)c1. The van der Waals surface area contributed by atoms with E-state index >= 15 is 0 Å². The Hall–Kier alpha value is -0.0800. The molecule has 0 spiro atoms. The first-order valence-electron chi connectivity index (χ1n) is 4.63. The molecule has 0 saturated carbocycles. The van der Waals surface area contributed by atoms with E-state index in [-0.39, 0.29) is 0 Å². The average molecular weight is 262 g/mol. The minimum Gasteiger partial charge on any atom is -0.334 e. The van der Waals surface area contributed by atoms with E-state index in [1.54, 1.807) is 28.4 Å². The largest absolute Gasteiger partial charge is 0.334 e. The maximum Gasteiger partial charge on any atom is 0.204 e. The van der Waals surface area contributed by atoms with Gasteiger partial charge in [-0.05, 0) is 18.2 Å². The monoisotopic (exact) mass is 262 g/mol. The highest BCUT2D eigenvalue weighted by Gasteiger charge is 2.15. The predicted molar refractivity (Wildman–Crippen MR) is 67.6 cm³/mol. The van der Waals surface area contributed by atoms with E-state index in [1.165, 1.54) is 0 Å². The Kier molecular flexibility index (Phi) is 6.37. The van der Waals surface area contributed by atoms with Crippen LogP contribution in [0.15, 0.2) is 24.3 Å². The molecule has 0 unspecified atom stereocenters. The Morgan fingerprint density at radius 3 is 1.44 bits per heavy atom. The van der Waals surface area contributed by atoms with Gasteiger partial charge in [-0.25, -0.2) is 0 Å². The van der Waals surface area contributed by atoms with Crippen molar-refractivity contribution in [1.29, 1.82) is 0 Å². The molecule has 90 valence electrons. The number of rotatable bonds is 6. The standard InChI is InChI=1S/C10H16O4P2/c1-11-15(12-2)9-6-5-7-10(8-9)16(13-3)14-4/h5-8H,1-4H3. The van der Waals surface area contributed by atoms with Crippen LogP contribution >= 0.6 is 16.8 Å². The van der Waals surface area contributed by atoms with Crippen LogP contribution in [0, 0.1) is 0 Å². The summed E-state index contributed by atoms with van der Waals surface area (Å²) in [4.78, 5) is 0. The third-order valence-corrected chi connectivity index (χ3v) is 4.64. The lowest BCUT2D eigenvalue weighted by Gasteiger charge is -2.16. The molecule has 4 nitrogen and oxygen atoms in total. The quantitative estimate of drug-likeness (QED) is 0.736. The average Bonchev–Trinajstić information content (AvgIpc) is 2.33. The van der Waals surface area contributed by atoms with Crippen molar-refractivity contribution in [2.75, 3.05) is 28.4 Å². The van der Waals surface area contributed by atoms with Crippen LogP contribution in [0.5, 0.6) is 0 Å². The van der Waals surface area contributed by atoms with Gasteiger partial charge in [0.25, 0.3) is 0 Å². The smallest absolute Gasteiger partial charge is 0.204 e. The van der Waals surface area contributed by atoms with Gasteiger partial charge in [0, 0.05) is 39.0 Å². The fourth-order valence-corrected chi connectivity index (χ4v) is 3.44. The van der Waals surface area contributed by atoms with Gasteiger partial charge in [-0.15, -0.1) is 0 Å². The van der Waals surface area contributed by atoms with Gasteiger partial charge in [-0.1, -0.05) is 6.07 Å². The number of benzene rings is 1. The van der Waals surface area contributed by atoms with Gasteiger partial charge in [0.05, 0.1) is 0 Å². The van der Waals surface area contributed by atoms with Crippen LogP contribution in [-0.2, 0) is 18.1 Å². The minimum atomic E-state index is -1.00. The van der Waals surface area contributed by atoms with Gasteiger partial charge in [-0.2, -0.15) is 0 Å². The van der Waals surface area contributed by atoms with Gasteiger partial charge < -0.3 is 18.1 Å². The molecule has 0 atom stereocenters. The maximum atomic E-state index is 5.26. The van der Waals surface area contributed by atoms with Gasteiger partial charge >= 0.3 is 0 Å². The summed E-state index contributed by atoms with van der Waals surface area (Å²) in [6, 6.07) is 7.89. The Labute approximate surface area is 98.7 Å². The van der Waals surface area contributed by atoms with Gasteiger partial charge in [0.1, 0.15) is 0 Å². The van der Waals surface area contributed by atoms with Crippen LogP contribution in [0.25, 0.3) is 0 Å². The van der Waals surface area contributed by atoms with E-state index in [1.807, 2.05) is 24.3 Å². The molecule has 0 aliphatic rings. The fourth-order valence-electron chi connectivity index (χ4n) is 1.29. The summed E-state index contributed by atoms with van der Waals surface area (Å²) >= 11 is 0. The van der Waals surface area contributed by atoms with Crippen molar-refractivity contribution < 1.29 is 18.1 Å². The van der Waals surface area contributed by atoms with Crippen molar-refractivity contribution in [2.45, 2.75) is 0 Å². The first-order chi connectivity index (χ1) is 7.76. The zero-order valence-electron chi connectivity index (χ0n) is 9.84. The summed E-state index contributed by atoms with van der Waals surface area (Å²) in [7, 11) is 4.54. The van der Waals surface area contributed by atoms with Crippen molar-refractivity contribution in [2.24, 2.45) is 0 Å². The lowest BCUT2D eigenvalue weighted by Crippen LogP contribution is -2.12. The van der Waals surface area contributed by atoms with Crippen molar-refractivity contribution in [3.05, 3.63) is 24.3 Å². The Morgan fingerprint density at radius 2 is 1.12 bits per heavy atom. The third kappa shape index (κ3) is 3.46. The zero-order chi connectivity index (χ0) is 12.0. The second-order valence-corrected chi connectivity index (χ2v) is 6.29. The van der Waals surface area contributed by atoms with Gasteiger partial charge in [-0.3, -0.25) is 0 Å². The summed E-state index contributed by atoms with van der Waals surface area (Å²) in [5.74, 6) is 0. The topological polar surface area (TPSA) is 36.9 Å². The maximum absolute atomic E-state index is 5.26. The van der Waals surface area contributed by atoms with Crippen molar-refractivity contribution in [3.63, 3.8) is 0 Å². The Bertz CT molecular complexity index is 286. The molecule has 1 aromatic rings. The van der Waals surface area contributed by atoms with Crippen LogP contribution in [0.4, 0.5) is 0 Å². The second kappa shape index (κ2) is 7.29. The minimum absolute atomic E-state index is 1.00. The van der Waals surface area contributed by atoms with Crippen molar-refractivity contribution >= 4 is 27.4 Å². The first kappa shape index (κ1) is 14.0. The van der Waals surface area contributed by atoms with Crippen LogP contribution in [0.1, 0.15) is 0 Å². The summed E-state index contributed by atoms with van der Waals surface area (Å²) in [5.41, 5.74) is 0. The molecule has 6 heteroatoms. The van der Waals surface area contributed by atoms with Gasteiger partial charge in [0.15, 0.2) is 0 Å². The normalized spacial score (nSPS) is 11.4. The van der Waals surface area contributed by atoms with Crippen molar-refractivity contribution in [3.8, 4) is 0 Å². The van der Waals surface area contributed by atoms with E-state index < -0.39 is 16.8 Å². The van der Waals surface area contributed by atoms with Crippen LogP contribution < -0.4 is 10.6 Å². The lowest BCUT2D eigenvalue weighted by atomic mass is 10.4. The summed E-state index contributed by atoms with van der Waals surface area (Å²) in [6.07, 6.45) is 0. The van der Waals surface area contributed by atoms with Crippen LogP contribution in [-0.4, -0.2) is 28.4 Å². The zero-order valence-corrected chi connectivity index (χ0v) is 11.6. The molecule has 0 fully saturated rings. The molecule has 0 heterocycles. The molecule has 16 heavy (non-hydrogen) atoms. The molecule has 0 aromatic heterocycles. The fraction of sp³-hybridized carbons (Fsp3) is 0.400. The molecule has 1 rings (SSSR count). The molecule has 0 saturated heterocycles. The summed E-state index contributed by atoms with van der Waals surface area (Å²) < 4.78 is 21.0. The number of hydrogen-bond acceptors (Lipinski definition) is 4. The number of hydrogen-bond donors (Lipinski definition) is 0. The highest BCUT2D eigenvalue weighted by atomic mass is 31.2. The molecular weight excluding hydrogens is 246 g/mol. The van der Waals surface area contributed by atoms with E-state index in [2.05, 4.69) is 0 Å². The van der Waals surface area contributed by atoms with Crippen LogP contribution in [0.2, 0.25) is 0 Å². The molecule has 0 radical (unpaired) electrons. The third-order valence-electron chi connectivity index (χ3n) is 1.91. The molecule has 0 bridgehead atoms. The summed E-state index contributed by atoms with van der Waals surface area (Å²) in [6.45, 7) is 0. The molecule has 0 N–H and O–H groups in total. The molecule has 0 aliphatic carbocycles. The van der Waals surface area contributed by atoms with Crippen LogP contribution in [0.3, 0.4) is 0 Å². The Morgan fingerprint density at radius 1 is 0.750 bits per heavy atom. The van der Waals surface area contributed by atoms with E-state index in [9.17, 15) is 0 Å². The molecular formula is C10H16O4P2. The van der Waals surface area contributed by atoms with E-state index in [0.29, 0.717) is 0 Å². The second-order valence-electron chi connectivity index (χ2n) is 2.76. The van der Waals surface area contributed by atoms with Crippen molar-refractivity contribution in [1.82, 2.24) is 0 Å². The molecule has 1 aromatic carbocycles. The van der Waals surface area contributed by atoms with E-state index in [0.717, 1.165) is 10.6 Å². The predicted octanol–water partition coefficient (Wildman–Crippen LogP) is 2.15. The lowest BCUT2D eigenvalue weighted by molar-refractivity contribution is 0.349. The summed E-state index contributed by atoms with van der Waals surface area (Å²) in [5, 5.41) is 2.03. The Balaban J connectivity index is 2.93. The molecule has 0 aliphatic heterocycles. The first-order valence-corrected chi connectivity index (χ1v) is 6.99.